The number of benzene rings is 1. The maximum Gasteiger partial charge on any atom is 0.227 e. The molecule has 0 unspecified atom stereocenters. The Morgan fingerprint density at radius 3 is 2.86 bits per heavy atom. The van der Waals surface area contributed by atoms with Gasteiger partial charge in [-0.25, -0.2) is 0 Å². The van der Waals surface area contributed by atoms with Crippen LogP contribution >= 0.6 is 15.9 Å². The summed E-state index contributed by atoms with van der Waals surface area (Å²) in [6, 6.07) is 9.72. The molecule has 0 spiro atoms. The molecule has 0 fully saturated rings. The predicted molar refractivity (Wildman–Crippen MR) is 84.3 cm³/mol. The molecule has 0 saturated carbocycles. The molecule has 1 amide bonds. The molecule has 5 heteroatoms. The van der Waals surface area contributed by atoms with Gasteiger partial charge in [-0.1, -0.05) is 12.1 Å². The van der Waals surface area contributed by atoms with Gasteiger partial charge >= 0.3 is 0 Å². The van der Waals surface area contributed by atoms with Gasteiger partial charge in [-0.3, -0.25) is 4.79 Å². The number of nitrogens with one attached hydrogen (secondary N) is 1. The number of carbonyl (C=O) groups excluding carboxylic acids is 1. The highest BCUT2D eigenvalue weighted by Crippen LogP contribution is 2.23. The average Bonchev–Trinajstić information content (AvgIpc) is 2.87. The molecule has 1 aromatic carbocycles. The van der Waals surface area contributed by atoms with Crippen molar-refractivity contribution in [1.82, 2.24) is 9.88 Å². The van der Waals surface area contributed by atoms with E-state index in [0.29, 0.717) is 13.0 Å². The summed E-state index contributed by atoms with van der Waals surface area (Å²) >= 11 is 3.45. The molecule has 2 aromatic rings. The standard InChI is InChI=1S/C16H17BrN2O2/c1-21-13-4-2-11(3-5-13)8-16(20)19-7-6-14-12(10-19)9-15(17)18-14/h2-5,9,18H,6-8,10H2,1H3. The molecule has 0 saturated heterocycles. The number of amides is 1. The van der Waals surface area contributed by atoms with Crippen molar-refractivity contribution >= 4 is 21.8 Å². The molecular weight excluding hydrogens is 332 g/mol. The lowest BCUT2D eigenvalue weighted by Crippen LogP contribution is -2.36. The van der Waals surface area contributed by atoms with Gasteiger partial charge in [0.1, 0.15) is 5.75 Å². The summed E-state index contributed by atoms with van der Waals surface area (Å²) in [7, 11) is 1.64. The van der Waals surface area contributed by atoms with Crippen LogP contribution in [0, 0.1) is 0 Å². The van der Waals surface area contributed by atoms with Crippen LogP contribution in [0.1, 0.15) is 16.8 Å². The maximum atomic E-state index is 12.4. The Hall–Kier alpha value is -1.75. The number of halogens is 1. The number of hydrogen-bond acceptors (Lipinski definition) is 2. The van der Waals surface area contributed by atoms with Gasteiger partial charge in [0.25, 0.3) is 0 Å². The van der Waals surface area contributed by atoms with Gasteiger partial charge in [0.15, 0.2) is 0 Å². The number of H-pyrrole nitrogens is 1. The molecule has 1 aromatic heterocycles. The topological polar surface area (TPSA) is 45.3 Å². The van der Waals surface area contributed by atoms with Crippen LogP contribution in [-0.2, 0) is 24.2 Å². The summed E-state index contributed by atoms with van der Waals surface area (Å²) in [6.45, 7) is 1.46. The number of nitrogens with zero attached hydrogens (tertiary/aromatic N) is 1. The zero-order chi connectivity index (χ0) is 14.8. The summed E-state index contributed by atoms with van der Waals surface area (Å²) in [4.78, 5) is 17.6. The highest BCUT2D eigenvalue weighted by Gasteiger charge is 2.22. The van der Waals surface area contributed by atoms with Gasteiger partial charge in [0.2, 0.25) is 5.91 Å². The van der Waals surface area contributed by atoms with Gasteiger partial charge in [-0.15, -0.1) is 0 Å². The van der Waals surface area contributed by atoms with Crippen molar-refractivity contribution in [2.45, 2.75) is 19.4 Å². The van der Waals surface area contributed by atoms with Crippen molar-refractivity contribution < 1.29 is 9.53 Å². The molecule has 0 atom stereocenters. The third-order valence-corrected chi connectivity index (χ3v) is 4.25. The minimum absolute atomic E-state index is 0.170. The van der Waals surface area contributed by atoms with Crippen molar-refractivity contribution in [1.29, 1.82) is 0 Å². The minimum atomic E-state index is 0.170. The summed E-state index contributed by atoms with van der Waals surface area (Å²) in [6.07, 6.45) is 1.32. The van der Waals surface area contributed by atoms with Crippen LogP contribution in [-0.4, -0.2) is 29.4 Å². The third kappa shape index (κ3) is 3.13. The number of fused-ring (bicyclic) bond motifs is 1. The summed E-state index contributed by atoms with van der Waals surface area (Å²) in [5.74, 6) is 0.981. The molecule has 1 N–H and O–H groups in total. The number of aromatic amines is 1. The van der Waals surface area contributed by atoms with E-state index in [2.05, 4.69) is 27.0 Å². The zero-order valence-electron chi connectivity index (χ0n) is 11.9. The van der Waals surface area contributed by atoms with E-state index in [4.69, 9.17) is 4.74 Å². The Kier molecular flexibility index (Phi) is 4.01. The predicted octanol–water partition coefficient (Wildman–Crippen LogP) is 2.91. The molecule has 0 aliphatic carbocycles. The normalized spacial score (nSPS) is 13.9. The van der Waals surface area contributed by atoms with E-state index in [9.17, 15) is 4.79 Å². The molecule has 2 heterocycles. The van der Waals surface area contributed by atoms with Crippen LogP contribution in [0.2, 0.25) is 0 Å². The first-order valence-electron chi connectivity index (χ1n) is 6.92. The van der Waals surface area contributed by atoms with Gasteiger partial charge in [0, 0.05) is 25.2 Å². The SMILES string of the molecule is COc1ccc(CC(=O)N2CCc3[nH]c(Br)cc3C2)cc1. The van der Waals surface area contributed by atoms with Crippen molar-refractivity contribution in [3.05, 3.63) is 51.8 Å². The number of carbonyl (C=O) groups is 1. The van der Waals surface area contributed by atoms with Gasteiger partial charge in [0.05, 0.1) is 18.1 Å². The second kappa shape index (κ2) is 5.93. The molecule has 1 aliphatic heterocycles. The molecule has 0 radical (unpaired) electrons. The fourth-order valence-corrected chi connectivity index (χ4v) is 3.15. The van der Waals surface area contributed by atoms with Crippen LogP contribution in [0.5, 0.6) is 5.75 Å². The Morgan fingerprint density at radius 1 is 1.38 bits per heavy atom. The molecule has 1 aliphatic rings. The van der Waals surface area contributed by atoms with Crippen molar-refractivity contribution in [3.63, 3.8) is 0 Å². The van der Waals surface area contributed by atoms with Gasteiger partial charge in [-0.2, -0.15) is 0 Å². The lowest BCUT2D eigenvalue weighted by Gasteiger charge is -2.27. The van der Waals surface area contributed by atoms with Crippen LogP contribution in [0.4, 0.5) is 0 Å². The minimum Gasteiger partial charge on any atom is -0.497 e. The van der Waals surface area contributed by atoms with Crippen LogP contribution in [0.3, 0.4) is 0 Å². The van der Waals surface area contributed by atoms with E-state index in [0.717, 1.165) is 28.9 Å². The highest BCUT2D eigenvalue weighted by molar-refractivity contribution is 9.10. The van der Waals surface area contributed by atoms with Crippen LogP contribution in [0.25, 0.3) is 0 Å². The highest BCUT2D eigenvalue weighted by atomic mass is 79.9. The smallest absolute Gasteiger partial charge is 0.227 e. The molecule has 110 valence electrons. The van der Waals surface area contributed by atoms with Crippen molar-refractivity contribution in [2.24, 2.45) is 0 Å². The van der Waals surface area contributed by atoms with Gasteiger partial charge in [-0.05, 0) is 45.3 Å². The van der Waals surface area contributed by atoms with Gasteiger partial charge < -0.3 is 14.6 Å². The molecular formula is C16H17BrN2O2. The summed E-state index contributed by atoms with van der Waals surface area (Å²) < 4.78 is 6.11. The average molecular weight is 349 g/mol. The van der Waals surface area contributed by atoms with Crippen molar-refractivity contribution in [2.75, 3.05) is 13.7 Å². The van der Waals surface area contributed by atoms with E-state index in [-0.39, 0.29) is 5.91 Å². The first kappa shape index (κ1) is 14.2. The summed E-state index contributed by atoms with van der Waals surface area (Å²) in [5.41, 5.74) is 3.45. The quantitative estimate of drug-likeness (QED) is 0.926. The molecule has 4 nitrogen and oxygen atoms in total. The van der Waals surface area contributed by atoms with Crippen LogP contribution in [0.15, 0.2) is 34.9 Å². The Bertz CT molecular complexity index is 649. The van der Waals surface area contributed by atoms with E-state index in [1.807, 2.05) is 29.2 Å². The second-order valence-corrected chi connectivity index (χ2v) is 6.07. The molecule has 0 bridgehead atoms. The number of hydrogen-bond donors (Lipinski definition) is 1. The van der Waals surface area contributed by atoms with E-state index in [1.54, 1.807) is 7.11 Å². The number of aromatic nitrogens is 1. The van der Waals surface area contributed by atoms with Crippen LogP contribution < -0.4 is 4.74 Å². The Labute approximate surface area is 132 Å². The molecule has 21 heavy (non-hydrogen) atoms. The van der Waals surface area contributed by atoms with Crippen molar-refractivity contribution in [3.8, 4) is 5.75 Å². The largest absolute Gasteiger partial charge is 0.497 e. The van der Waals surface area contributed by atoms with E-state index >= 15 is 0 Å². The maximum absolute atomic E-state index is 12.4. The lowest BCUT2D eigenvalue weighted by atomic mass is 10.1. The lowest BCUT2D eigenvalue weighted by molar-refractivity contribution is -0.131. The zero-order valence-corrected chi connectivity index (χ0v) is 13.4. The monoisotopic (exact) mass is 348 g/mol. The Balaban J connectivity index is 1.66. The first-order valence-corrected chi connectivity index (χ1v) is 7.72. The number of rotatable bonds is 3. The number of ether oxygens (including phenoxy) is 1. The second-order valence-electron chi connectivity index (χ2n) is 5.21. The number of methoxy groups -OCH3 is 1. The first-order chi connectivity index (χ1) is 10.2. The fourth-order valence-electron chi connectivity index (χ4n) is 2.64. The van der Waals surface area contributed by atoms with E-state index in [1.165, 1.54) is 11.3 Å². The Morgan fingerprint density at radius 2 is 2.14 bits per heavy atom. The molecule has 3 rings (SSSR count). The fraction of sp³-hybridized carbons (Fsp3) is 0.312. The van der Waals surface area contributed by atoms with E-state index < -0.39 is 0 Å². The summed E-state index contributed by atoms with van der Waals surface area (Å²) in [5, 5.41) is 0. The third-order valence-electron chi connectivity index (χ3n) is 3.82.